The van der Waals surface area contributed by atoms with Crippen LogP contribution in [-0.4, -0.2) is 5.91 Å². The molecular formula is C13H12FNO2. The van der Waals surface area contributed by atoms with Gasteiger partial charge in [-0.2, -0.15) is 0 Å². The van der Waals surface area contributed by atoms with Gasteiger partial charge >= 0.3 is 0 Å². The van der Waals surface area contributed by atoms with E-state index < -0.39 is 0 Å². The molecule has 1 aromatic heterocycles. The Balaban J connectivity index is 2.21. The van der Waals surface area contributed by atoms with Crippen LogP contribution in [0.4, 0.5) is 10.1 Å². The Morgan fingerprint density at radius 3 is 2.65 bits per heavy atom. The molecule has 2 aromatic rings. The number of carbonyl (C=O) groups excluding carboxylic acids is 1. The van der Waals surface area contributed by atoms with Crippen molar-refractivity contribution in [2.75, 3.05) is 5.32 Å². The summed E-state index contributed by atoms with van der Waals surface area (Å²) in [5.74, 6) is 0.102. The Hall–Kier alpha value is -2.10. The third-order valence-electron chi connectivity index (χ3n) is 2.41. The summed E-state index contributed by atoms with van der Waals surface area (Å²) in [5, 5.41) is 2.61. The first-order valence-corrected chi connectivity index (χ1v) is 5.20. The van der Waals surface area contributed by atoms with E-state index >= 15 is 0 Å². The van der Waals surface area contributed by atoms with Gasteiger partial charge in [-0.25, -0.2) is 4.39 Å². The summed E-state index contributed by atoms with van der Waals surface area (Å²) in [4.78, 5) is 11.8. The number of hydrogen-bond donors (Lipinski definition) is 1. The predicted octanol–water partition coefficient (Wildman–Crippen LogP) is 3.29. The van der Waals surface area contributed by atoms with E-state index in [4.69, 9.17) is 4.42 Å². The highest BCUT2D eigenvalue weighted by molar-refractivity contribution is 6.02. The minimum absolute atomic E-state index is 0.214. The smallest absolute Gasteiger partial charge is 0.291 e. The molecule has 0 atom stereocenters. The van der Waals surface area contributed by atoms with Gasteiger partial charge in [0.25, 0.3) is 5.91 Å². The highest BCUT2D eigenvalue weighted by Gasteiger charge is 2.11. The molecule has 1 heterocycles. The zero-order chi connectivity index (χ0) is 12.4. The van der Waals surface area contributed by atoms with Crippen LogP contribution in [0.1, 0.15) is 21.9 Å². The van der Waals surface area contributed by atoms with E-state index in [1.807, 2.05) is 0 Å². The molecule has 88 valence electrons. The third-order valence-corrected chi connectivity index (χ3v) is 2.41. The summed E-state index contributed by atoms with van der Waals surface area (Å²) in [6.07, 6.45) is 0. The molecule has 1 aromatic carbocycles. The number of furan rings is 1. The Kier molecular flexibility index (Phi) is 2.95. The van der Waals surface area contributed by atoms with E-state index in [1.54, 1.807) is 32.0 Å². The van der Waals surface area contributed by atoms with Crippen molar-refractivity contribution in [2.45, 2.75) is 13.8 Å². The number of anilines is 1. The highest BCUT2D eigenvalue weighted by Crippen LogP contribution is 2.17. The van der Waals surface area contributed by atoms with Crippen LogP contribution in [0.25, 0.3) is 0 Å². The third kappa shape index (κ3) is 2.53. The Morgan fingerprint density at radius 2 is 2.00 bits per heavy atom. The lowest BCUT2D eigenvalue weighted by molar-refractivity contribution is 0.0995. The maximum absolute atomic E-state index is 13.0. The molecule has 0 spiro atoms. The zero-order valence-electron chi connectivity index (χ0n) is 9.58. The second-order valence-electron chi connectivity index (χ2n) is 3.82. The Labute approximate surface area is 98.3 Å². The van der Waals surface area contributed by atoms with Gasteiger partial charge in [-0.15, -0.1) is 0 Å². The fourth-order valence-corrected chi connectivity index (χ4v) is 1.47. The molecule has 0 radical (unpaired) electrons. The average Bonchev–Trinajstić information content (AvgIpc) is 2.70. The Bertz CT molecular complexity index is 560. The SMILES string of the molecule is Cc1ccc(C(=O)Nc2cc(F)ccc2C)o1. The molecule has 4 heteroatoms. The van der Waals surface area contributed by atoms with Crippen LogP contribution in [0.5, 0.6) is 0 Å². The molecule has 17 heavy (non-hydrogen) atoms. The minimum Gasteiger partial charge on any atom is -0.456 e. The summed E-state index contributed by atoms with van der Waals surface area (Å²) in [6.45, 7) is 3.55. The van der Waals surface area contributed by atoms with Crippen LogP contribution < -0.4 is 5.32 Å². The van der Waals surface area contributed by atoms with Crippen molar-refractivity contribution in [3.05, 3.63) is 53.2 Å². The van der Waals surface area contributed by atoms with Gasteiger partial charge in [0.15, 0.2) is 5.76 Å². The molecule has 0 saturated heterocycles. The molecule has 0 bridgehead atoms. The van der Waals surface area contributed by atoms with Gasteiger partial charge in [0, 0.05) is 5.69 Å². The number of rotatable bonds is 2. The average molecular weight is 233 g/mol. The summed E-state index contributed by atoms with van der Waals surface area (Å²) in [6, 6.07) is 7.52. The molecule has 0 aliphatic heterocycles. The summed E-state index contributed by atoms with van der Waals surface area (Å²) < 4.78 is 18.2. The van der Waals surface area contributed by atoms with Crippen molar-refractivity contribution in [1.82, 2.24) is 0 Å². The van der Waals surface area contributed by atoms with Gasteiger partial charge in [0.05, 0.1) is 0 Å². The molecule has 0 fully saturated rings. The van der Waals surface area contributed by atoms with E-state index in [2.05, 4.69) is 5.32 Å². The van der Waals surface area contributed by atoms with Crippen LogP contribution in [0.2, 0.25) is 0 Å². The first kappa shape index (κ1) is 11.4. The molecule has 0 unspecified atom stereocenters. The van der Waals surface area contributed by atoms with Gasteiger partial charge in [0.2, 0.25) is 0 Å². The van der Waals surface area contributed by atoms with E-state index in [-0.39, 0.29) is 17.5 Å². The van der Waals surface area contributed by atoms with E-state index in [0.717, 1.165) is 5.56 Å². The fourth-order valence-electron chi connectivity index (χ4n) is 1.47. The molecule has 0 aliphatic carbocycles. The number of hydrogen-bond acceptors (Lipinski definition) is 2. The normalized spacial score (nSPS) is 10.3. The Morgan fingerprint density at radius 1 is 1.24 bits per heavy atom. The lowest BCUT2D eigenvalue weighted by atomic mass is 10.2. The van der Waals surface area contributed by atoms with Gasteiger partial charge in [-0.1, -0.05) is 6.07 Å². The number of amides is 1. The summed E-state index contributed by atoms with van der Waals surface area (Å²) >= 11 is 0. The van der Waals surface area contributed by atoms with Crippen molar-refractivity contribution >= 4 is 11.6 Å². The lowest BCUT2D eigenvalue weighted by Crippen LogP contribution is -2.12. The van der Waals surface area contributed by atoms with Gasteiger partial charge in [0.1, 0.15) is 11.6 Å². The summed E-state index contributed by atoms with van der Waals surface area (Å²) in [7, 11) is 0. The molecule has 3 nitrogen and oxygen atoms in total. The van der Waals surface area contributed by atoms with Gasteiger partial charge in [-0.3, -0.25) is 4.79 Å². The quantitative estimate of drug-likeness (QED) is 0.864. The second kappa shape index (κ2) is 4.41. The number of benzene rings is 1. The first-order chi connectivity index (χ1) is 8.06. The van der Waals surface area contributed by atoms with Crippen LogP contribution in [0.15, 0.2) is 34.7 Å². The van der Waals surface area contributed by atoms with Crippen LogP contribution in [0, 0.1) is 19.7 Å². The van der Waals surface area contributed by atoms with Gasteiger partial charge in [-0.05, 0) is 43.7 Å². The topological polar surface area (TPSA) is 42.2 Å². The van der Waals surface area contributed by atoms with E-state index in [0.29, 0.717) is 11.4 Å². The van der Waals surface area contributed by atoms with Gasteiger partial charge < -0.3 is 9.73 Å². The van der Waals surface area contributed by atoms with E-state index in [9.17, 15) is 9.18 Å². The van der Waals surface area contributed by atoms with Crippen molar-refractivity contribution < 1.29 is 13.6 Å². The lowest BCUT2D eigenvalue weighted by Gasteiger charge is -2.06. The number of carbonyl (C=O) groups is 1. The zero-order valence-corrected chi connectivity index (χ0v) is 9.58. The molecule has 0 saturated carbocycles. The van der Waals surface area contributed by atoms with Crippen molar-refractivity contribution in [3.63, 3.8) is 0 Å². The molecular weight excluding hydrogens is 221 g/mol. The second-order valence-corrected chi connectivity index (χ2v) is 3.82. The maximum atomic E-state index is 13.0. The predicted molar refractivity (Wildman–Crippen MR) is 62.5 cm³/mol. The molecule has 2 rings (SSSR count). The number of aryl methyl sites for hydroxylation is 2. The van der Waals surface area contributed by atoms with Crippen LogP contribution in [-0.2, 0) is 0 Å². The number of halogens is 1. The monoisotopic (exact) mass is 233 g/mol. The van der Waals surface area contributed by atoms with E-state index in [1.165, 1.54) is 12.1 Å². The standard InChI is InChI=1S/C13H12FNO2/c1-8-3-5-10(14)7-11(8)15-13(16)12-6-4-9(2)17-12/h3-7H,1-2H3,(H,15,16). The van der Waals surface area contributed by atoms with Crippen molar-refractivity contribution in [3.8, 4) is 0 Å². The van der Waals surface area contributed by atoms with Crippen LogP contribution >= 0.6 is 0 Å². The molecule has 1 amide bonds. The fraction of sp³-hybridized carbons (Fsp3) is 0.154. The van der Waals surface area contributed by atoms with Crippen LogP contribution in [0.3, 0.4) is 0 Å². The maximum Gasteiger partial charge on any atom is 0.291 e. The van der Waals surface area contributed by atoms with Crippen molar-refractivity contribution in [1.29, 1.82) is 0 Å². The molecule has 1 N–H and O–H groups in total. The summed E-state index contributed by atoms with van der Waals surface area (Å²) in [5.41, 5.74) is 1.24. The highest BCUT2D eigenvalue weighted by atomic mass is 19.1. The number of nitrogens with one attached hydrogen (secondary N) is 1. The minimum atomic E-state index is -0.387. The molecule has 0 aliphatic rings. The first-order valence-electron chi connectivity index (χ1n) is 5.20. The largest absolute Gasteiger partial charge is 0.456 e. The van der Waals surface area contributed by atoms with Crippen molar-refractivity contribution in [2.24, 2.45) is 0 Å².